The number of hydrogen-bond donors (Lipinski definition) is 1. The number of aromatic nitrogens is 2. The summed E-state index contributed by atoms with van der Waals surface area (Å²) in [5, 5.41) is 13.1. The van der Waals surface area contributed by atoms with Crippen molar-refractivity contribution in [2.24, 2.45) is 0 Å². The zero-order valence-electron chi connectivity index (χ0n) is 11.0. The molecule has 0 aliphatic rings. The highest BCUT2D eigenvalue weighted by Crippen LogP contribution is 2.25. The molecule has 2 aromatic carbocycles. The Bertz CT molecular complexity index is 828. The molecule has 0 radical (unpaired) electrons. The average Bonchev–Trinajstić information content (AvgIpc) is 2.89. The summed E-state index contributed by atoms with van der Waals surface area (Å²) in [5.74, 6) is 0.0555. The van der Waals surface area contributed by atoms with E-state index >= 15 is 0 Å². The van der Waals surface area contributed by atoms with E-state index in [0.29, 0.717) is 28.3 Å². The van der Waals surface area contributed by atoms with Crippen LogP contribution in [0.3, 0.4) is 0 Å². The number of nitriles is 1. The van der Waals surface area contributed by atoms with Crippen LogP contribution in [-0.2, 0) is 0 Å². The minimum Gasteiger partial charge on any atom is -0.384 e. The molecule has 1 aromatic heterocycles. The Labute approximate surface area is 120 Å². The average molecular weight is 278 g/mol. The Morgan fingerprint density at radius 2 is 1.81 bits per heavy atom. The molecule has 4 nitrogen and oxygen atoms in total. The third-order valence-corrected chi connectivity index (χ3v) is 3.13. The van der Waals surface area contributed by atoms with Gasteiger partial charge in [-0.25, -0.2) is 9.07 Å². The molecule has 5 heteroatoms. The number of nitrogens with two attached hydrogens (primary N) is 1. The minimum atomic E-state index is -0.345. The second kappa shape index (κ2) is 5.10. The summed E-state index contributed by atoms with van der Waals surface area (Å²) in [7, 11) is 0. The molecule has 3 aromatic rings. The van der Waals surface area contributed by atoms with Gasteiger partial charge < -0.3 is 5.73 Å². The van der Waals surface area contributed by atoms with Crippen LogP contribution in [-0.4, -0.2) is 9.78 Å². The monoisotopic (exact) mass is 278 g/mol. The summed E-state index contributed by atoms with van der Waals surface area (Å²) >= 11 is 0. The van der Waals surface area contributed by atoms with Gasteiger partial charge in [-0.2, -0.15) is 10.4 Å². The van der Waals surface area contributed by atoms with Crippen molar-refractivity contribution in [2.75, 3.05) is 5.73 Å². The third kappa shape index (κ3) is 2.35. The molecule has 102 valence electrons. The van der Waals surface area contributed by atoms with Gasteiger partial charge in [-0.15, -0.1) is 0 Å². The topological polar surface area (TPSA) is 67.6 Å². The van der Waals surface area contributed by atoms with Crippen LogP contribution in [0.2, 0.25) is 0 Å². The number of rotatable bonds is 2. The first-order chi connectivity index (χ1) is 10.2. The van der Waals surface area contributed by atoms with Crippen LogP contribution in [0, 0.1) is 17.1 Å². The van der Waals surface area contributed by atoms with Gasteiger partial charge in [0.1, 0.15) is 11.6 Å². The summed E-state index contributed by atoms with van der Waals surface area (Å²) in [6.07, 6.45) is 0. The van der Waals surface area contributed by atoms with Gasteiger partial charge in [0.05, 0.1) is 23.0 Å². The Morgan fingerprint density at radius 1 is 1.10 bits per heavy atom. The van der Waals surface area contributed by atoms with Gasteiger partial charge in [0, 0.05) is 11.6 Å². The normalized spacial score (nSPS) is 10.3. The zero-order chi connectivity index (χ0) is 14.8. The molecule has 0 aliphatic heterocycles. The largest absolute Gasteiger partial charge is 0.384 e. The van der Waals surface area contributed by atoms with Crippen LogP contribution < -0.4 is 5.73 Å². The van der Waals surface area contributed by atoms with E-state index in [1.807, 2.05) is 6.07 Å². The molecule has 0 unspecified atom stereocenters. The van der Waals surface area contributed by atoms with E-state index in [-0.39, 0.29) is 5.82 Å². The smallest absolute Gasteiger partial charge is 0.132 e. The van der Waals surface area contributed by atoms with Gasteiger partial charge in [0.2, 0.25) is 0 Å². The molecule has 0 atom stereocenters. The van der Waals surface area contributed by atoms with Crippen LogP contribution in [0.15, 0.2) is 54.6 Å². The molecular formula is C16H11FN4. The number of hydrogen-bond acceptors (Lipinski definition) is 3. The Hall–Kier alpha value is -3.13. The summed E-state index contributed by atoms with van der Waals surface area (Å²) in [4.78, 5) is 0. The minimum absolute atomic E-state index is 0.345. The molecule has 0 saturated carbocycles. The highest BCUT2D eigenvalue weighted by molar-refractivity contribution is 5.64. The van der Waals surface area contributed by atoms with E-state index < -0.39 is 0 Å². The third-order valence-electron chi connectivity index (χ3n) is 3.13. The summed E-state index contributed by atoms with van der Waals surface area (Å²) < 4.78 is 15.3. The maximum Gasteiger partial charge on any atom is 0.132 e. The second-order valence-electron chi connectivity index (χ2n) is 4.50. The van der Waals surface area contributed by atoms with Gasteiger partial charge in [-0.1, -0.05) is 12.1 Å². The van der Waals surface area contributed by atoms with Crippen molar-refractivity contribution >= 4 is 5.82 Å². The van der Waals surface area contributed by atoms with E-state index in [2.05, 4.69) is 5.10 Å². The summed E-state index contributed by atoms with van der Waals surface area (Å²) in [6.45, 7) is 0. The zero-order valence-corrected chi connectivity index (χ0v) is 11.0. The molecule has 21 heavy (non-hydrogen) atoms. The van der Waals surface area contributed by atoms with E-state index in [1.165, 1.54) is 10.7 Å². The lowest BCUT2D eigenvalue weighted by Gasteiger charge is -2.03. The fourth-order valence-corrected chi connectivity index (χ4v) is 2.08. The van der Waals surface area contributed by atoms with E-state index in [4.69, 9.17) is 11.0 Å². The van der Waals surface area contributed by atoms with Crippen molar-refractivity contribution in [3.63, 3.8) is 0 Å². The predicted octanol–water partition coefficient (Wildman–Crippen LogP) is 3.13. The van der Waals surface area contributed by atoms with Crippen LogP contribution in [0.5, 0.6) is 0 Å². The first-order valence-electron chi connectivity index (χ1n) is 6.30. The van der Waals surface area contributed by atoms with E-state index in [9.17, 15) is 4.39 Å². The first kappa shape index (κ1) is 12.9. The summed E-state index contributed by atoms with van der Waals surface area (Å²) in [5.41, 5.74) is 8.08. The van der Waals surface area contributed by atoms with Crippen molar-refractivity contribution in [3.8, 4) is 23.0 Å². The lowest BCUT2D eigenvalue weighted by Crippen LogP contribution is -2.01. The predicted molar refractivity (Wildman–Crippen MR) is 78.1 cm³/mol. The molecular weight excluding hydrogens is 267 g/mol. The Balaban J connectivity index is 2.06. The lowest BCUT2D eigenvalue weighted by atomic mass is 10.1. The van der Waals surface area contributed by atoms with Crippen molar-refractivity contribution in [1.29, 1.82) is 5.26 Å². The van der Waals surface area contributed by atoms with E-state index in [0.717, 1.165) is 0 Å². The molecule has 0 aliphatic carbocycles. The quantitative estimate of drug-likeness (QED) is 0.783. The Kier molecular flexibility index (Phi) is 3.13. The number of nitrogens with zero attached hydrogens (tertiary/aromatic N) is 3. The van der Waals surface area contributed by atoms with Crippen LogP contribution in [0.4, 0.5) is 10.2 Å². The molecule has 2 N–H and O–H groups in total. The number of nitrogen functional groups attached to an aromatic ring is 1. The second-order valence-corrected chi connectivity index (χ2v) is 4.50. The molecule has 0 bridgehead atoms. The van der Waals surface area contributed by atoms with Crippen LogP contribution >= 0.6 is 0 Å². The molecule has 3 rings (SSSR count). The van der Waals surface area contributed by atoms with Gasteiger partial charge in [-0.3, -0.25) is 0 Å². The van der Waals surface area contributed by atoms with Crippen molar-refractivity contribution < 1.29 is 4.39 Å². The standard InChI is InChI=1S/C16H11FN4/c17-14-4-2-1-3-13(14)15-9-16(19)21(20-15)12-7-5-11(10-18)6-8-12/h1-9H,19H2. The molecule has 1 heterocycles. The highest BCUT2D eigenvalue weighted by Gasteiger charge is 2.11. The number of anilines is 1. The SMILES string of the molecule is N#Cc1ccc(-n2nc(-c3ccccc3F)cc2N)cc1. The van der Waals surface area contributed by atoms with Crippen molar-refractivity contribution in [2.45, 2.75) is 0 Å². The van der Waals surface area contributed by atoms with Crippen molar-refractivity contribution in [3.05, 3.63) is 66.0 Å². The van der Waals surface area contributed by atoms with Gasteiger partial charge >= 0.3 is 0 Å². The maximum absolute atomic E-state index is 13.8. The van der Waals surface area contributed by atoms with Crippen LogP contribution in [0.1, 0.15) is 5.56 Å². The fourth-order valence-electron chi connectivity index (χ4n) is 2.08. The first-order valence-corrected chi connectivity index (χ1v) is 6.30. The Morgan fingerprint density at radius 3 is 2.48 bits per heavy atom. The fraction of sp³-hybridized carbons (Fsp3) is 0. The maximum atomic E-state index is 13.8. The molecule has 0 spiro atoms. The van der Waals surface area contributed by atoms with Gasteiger partial charge in [-0.05, 0) is 36.4 Å². The molecule has 0 fully saturated rings. The molecule has 0 saturated heterocycles. The van der Waals surface area contributed by atoms with Gasteiger partial charge in [0.15, 0.2) is 0 Å². The van der Waals surface area contributed by atoms with E-state index in [1.54, 1.807) is 48.5 Å². The molecule has 0 amide bonds. The lowest BCUT2D eigenvalue weighted by molar-refractivity contribution is 0.630. The highest BCUT2D eigenvalue weighted by atomic mass is 19.1. The van der Waals surface area contributed by atoms with Crippen LogP contribution in [0.25, 0.3) is 16.9 Å². The summed E-state index contributed by atoms with van der Waals surface area (Å²) in [6, 6.07) is 16.9. The van der Waals surface area contributed by atoms with Gasteiger partial charge in [0.25, 0.3) is 0 Å². The number of halogens is 1. The number of benzene rings is 2. The van der Waals surface area contributed by atoms with Crippen molar-refractivity contribution in [1.82, 2.24) is 9.78 Å².